The number of nitro groups is 1. The predicted octanol–water partition coefficient (Wildman–Crippen LogP) is 2.80. The van der Waals surface area contributed by atoms with Gasteiger partial charge in [0.2, 0.25) is 0 Å². The van der Waals surface area contributed by atoms with Crippen LogP contribution in [0.1, 0.15) is 37.2 Å². The number of nitrogens with one attached hydrogen (secondary N) is 1. The van der Waals surface area contributed by atoms with Crippen LogP contribution < -0.4 is 5.32 Å². The van der Waals surface area contributed by atoms with E-state index in [1.165, 1.54) is 41.7 Å². The molecular weight excluding hydrogens is 398 g/mol. The predicted molar refractivity (Wildman–Crippen MR) is 103 cm³/mol. The van der Waals surface area contributed by atoms with Gasteiger partial charge in [-0.2, -0.15) is 0 Å². The third-order valence-corrected chi connectivity index (χ3v) is 5.42. The lowest BCUT2D eigenvalue weighted by Gasteiger charge is -2.26. The molecule has 10 nitrogen and oxygen atoms in total. The number of benzene rings is 1. The highest BCUT2D eigenvalue weighted by molar-refractivity contribution is 7.15. The number of rotatable bonds is 4. The fourth-order valence-electron chi connectivity index (χ4n) is 2.97. The van der Waals surface area contributed by atoms with Crippen LogP contribution in [0.5, 0.6) is 0 Å². The minimum absolute atomic E-state index is 0.0624. The van der Waals surface area contributed by atoms with Crippen molar-refractivity contribution in [3.05, 3.63) is 68.0 Å². The standard InChI is InChI=1S/C18H15N5O5S/c1-10-8-14(21-28-10)16(24)20-18-19-13-6-7-22(9-15(13)29-18)17(25)11-2-4-12(5-3-11)23(26)27/h2-5,8H,6-7,9H2,1H3,(H,19,20,24). The summed E-state index contributed by atoms with van der Waals surface area (Å²) in [7, 11) is 0. The summed E-state index contributed by atoms with van der Waals surface area (Å²) in [4.78, 5) is 42.1. The number of anilines is 1. The van der Waals surface area contributed by atoms with Gasteiger partial charge in [-0.25, -0.2) is 4.98 Å². The molecular formula is C18H15N5O5S. The fourth-order valence-corrected chi connectivity index (χ4v) is 3.98. The maximum Gasteiger partial charge on any atom is 0.279 e. The first kappa shape index (κ1) is 18.7. The van der Waals surface area contributed by atoms with E-state index in [1.54, 1.807) is 11.8 Å². The van der Waals surface area contributed by atoms with Crippen molar-refractivity contribution in [2.45, 2.75) is 19.9 Å². The second-order valence-electron chi connectivity index (χ2n) is 6.45. The Bertz CT molecular complexity index is 1100. The molecule has 3 aromatic rings. The number of hydrogen-bond acceptors (Lipinski definition) is 8. The van der Waals surface area contributed by atoms with E-state index in [9.17, 15) is 19.7 Å². The number of amides is 2. The Morgan fingerprint density at radius 1 is 1.31 bits per heavy atom. The molecule has 0 unspecified atom stereocenters. The lowest BCUT2D eigenvalue weighted by molar-refractivity contribution is -0.384. The largest absolute Gasteiger partial charge is 0.361 e. The molecule has 3 heterocycles. The Morgan fingerprint density at radius 2 is 2.07 bits per heavy atom. The Hall–Kier alpha value is -3.60. The van der Waals surface area contributed by atoms with Gasteiger partial charge in [-0.3, -0.25) is 25.0 Å². The number of aromatic nitrogens is 2. The molecule has 0 bridgehead atoms. The van der Waals surface area contributed by atoms with Crippen molar-refractivity contribution in [1.82, 2.24) is 15.0 Å². The minimum Gasteiger partial charge on any atom is -0.361 e. The molecule has 29 heavy (non-hydrogen) atoms. The summed E-state index contributed by atoms with van der Waals surface area (Å²) in [5, 5.41) is 17.6. The van der Waals surface area contributed by atoms with Crippen molar-refractivity contribution in [2.24, 2.45) is 0 Å². The summed E-state index contributed by atoms with van der Waals surface area (Å²) >= 11 is 1.30. The molecule has 1 aliphatic rings. The number of non-ortho nitro benzene ring substituents is 1. The SMILES string of the molecule is Cc1cc(C(=O)Nc2nc3c(s2)CN(C(=O)c2ccc([N+](=O)[O-])cc2)CC3)no1. The summed E-state index contributed by atoms with van der Waals surface area (Å²) in [6, 6.07) is 7.07. The van der Waals surface area contributed by atoms with E-state index in [0.29, 0.717) is 36.0 Å². The lowest BCUT2D eigenvalue weighted by Crippen LogP contribution is -2.35. The van der Waals surface area contributed by atoms with E-state index in [4.69, 9.17) is 4.52 Å². The molecule has 1 aliphatic heterocycles. The average molecular weight is 413 g/mol. The molecule has 11 heteroatoms. The zero-order valence-corrected chi connectivity index (χ0v) is 16.1. The highest BCUT2D eigenvalue weighted by Crippen LogP contribution is 2.29. The number of carbonyl (C=O) groups is 2. The van der Waals surface area contributed by atoms with Crippen LogP contribution in [0.25, 0.3) is 0 Å². The molecule has 1 N–H and O–H groups in total. The smallest absolute Gasteiger partial charge is 0.279 e. The molecule has 4 rings (SSSR count). The first-order valence-electron chi connectivity index (χ1n) is 8.67. The van der Waals surface area contributed by atoms with Gasteiger partial charge in [0.25, 0.3) is 17.5 Å². The maximum absolute atomic E-state index is 12.7. The van der Waals surface area contributed by atoms with E-state index in [2.05, 4.69) is 15.5 Å². The van der Waals surface area contributed by atoms with Crippen LogP contribution in [-0.4, -0.2) is 38.3 Å². The molecule has 0 fully saturated rings. The second kappa shape index (κ2) is 7.43. The first-order chi connectivity index (χ1) is 13.9. The molecule has 2 amide bonds. The Morgan fingerprint density at radius 3 is 2.72 bits per heavy atom. The fraction of sp³-hybridized carbons (Fsp3) is 0.222. The number of carbonyl (C=O) groups excluding carboxylic acids is 2. The molecule has 0 radical (unpaired) electrons. The maximum atomic E-state index is 12.7. The van der Waals surface area contributed by atoms with E-state index in [0.717, 1.165) is 10.6 Å². The Balaban J connectivity index is 1.45. The summed E-state index contributed by atoms with van der Waals surface area (Å²) in [6.07, 6.45) is 0.559. The van der Waals surface area contributed by atoms with Gasteiger partial charge in [-0.05, 0) is 19.1 Å². The summed E-state index contributed by atoms with van der Waals surface area (Å²) in [6.45, 7) is 2.53. The Kier molecular flexibility index (Phi) is 4.80. The van der Waals surface area contributed by atoms with Gasteiger partial charge >= 0.3 is 0 Å². The zero-order valence-electron chi connectivity index (χ0n) is 15.2. The minimum atomic E-state index is -0.505. The normalized spacial score (nSPS) is 13.1. The zero-order chi connectivity index (χ0) is 20.5. The van der Waals surface area contributed by atoms with Crippen LogP contribution >= 0.6 is 11.3 Å². The summed E-state index contributed by atoms with van der Waals surface area (Å²) < 4.78 is 4.90. The van der Waals surface area contributed by atoms with Crippen molar-refractivity contribution in [1.29, 1.82) is 0 Å². The van der Waals surface area contributed by atoms with E-state index in [1.807, 2.05) is 0 Å². The highest BCUT2D eigenvalue weighted by Gasteiger charge is 2.26. The quantitative estimate of drug-likeness (QED) is 0.514. The molecule has 148 valence electrons. The number of thiazole rings is 1. The van der Waals surface area contributed by atoms with Crippen LogP contribution in [0.3, 0.4) is 0 Å². The van der Waals surface area contributed by atoms with Crippen molar-refractivity contribution in [3.8, 4) is 0 Å². The summed E-state index contributed by atoms with van der Waals surface area (Å²) in [5.41, 5.74) is 1.34. The first-order valence-corrected chi connectivity index (χ1v) is 9.49. The van der Waals surface area contributed by atoms with Crippen molar-refractivity contribution >= 4 is 34.0 Å². The Labute approximate surface area is 168 Å². The van der Waals surface area contributed by atoms with Gasteiger partial charge < -0.3 is 9.42 Å². The van der Waals surface area contributed by atoms with Gasteiger partial charge in [0.1, 0.15) is 5.76 Å². The van der Waals surface area contributed by atoms with E-state index < -0.39 is 10.8 Å². The van der Waals surface area contributed by atoms with Gasteiger partial charge in [-0.1, -0.05) is 16.5 Å². The van der Waals surface area contributed by atoms with Gasteiger partial charge in [-0.15, -0.1) is 0 Å². The molecule has 0 saturated heterocycles. The van der Waals surface area contributed by atoms with Crippen molar-refractivity contribution in [2.75, 3.05) is 11.9 Å². The van der Waals surface area contributed by atoms with Gasteiger partial charge in [0, 0.05) is 41.6 Å². The number of fused-ring (bicyclic) bond motifs is 1. The number of nitro benzene ring substituents is 1. The topological polar surface area (TPSA) is 131 Å². The molecule has 0 saturated carbocycles. The van der Waals surface area contributed by atoms with Gasteiger partial charge in [0.05, 0.1) is 17.2 Å². The average Bonchev–Trinajstić information content (AvgIpc) is 3.32. The van der Waals surface area contributed by atoms with Gasteiger partial charge in [0.15, 0.2) is 10.8 Å². The van der Waals surface area contributed by atoms with Crippen molar-refractivity contribution in [3.63, 3.8) is 0 Å². The van der Waals surface area contributed by atoms with E-state index in [-0.39, 0.29) is 17.3 Å². The summed E-state index contributed by atoms with van der Waals surface area (Å²) in [5.74, 6) is -0.0802. The van der Waals surface area contributed by atoms with E-state index >= 15 is 0 Å². The third kappa shape index (κ3) is 3.85. The number of nitrogens with zero attached hydrogens (tertiary/aromatic N) is 4. The third-order valence-electron chi connectivity index (χ3n) is 4.42. The molecule has 2 aromatic heterocycles. The van der Waals surface area contributed by atoms with Crippen LogP contribution in [0, 0.1) is 17.0 Å². The van der Waals surface area contributed by atoms with Crippen LogP contribution in [0.4, 0.5) is 10.8 Å². The highest BCUT2D eigenvalue weighted by atomic mass is 32.1. The molecule has 0 aliphatic carbocycles. The monoisotopic (exact) mass is 413 g/mol. The molecule has 0 spiro atoms. The van der Waals surface area contributed by atoms with Crippen LogP contribution in [0.2, 0.25) is 0 Å². The number of hydrogen-bond donors (Lipinski definition) is 1. The molecule has 1 aromatic carbocycles. The molecule has 0 atom stereocenters. The lowest BCUT2D eigenvalue weighted by atomic mass is 10.1. The van der Waals surface area contributed by atoms with Crippen LogP contribution in [0.15, 0.2) is 34.9 Å². The van der Waals surface area contributed by atoms with Crippen molar-refractivity contribution < 1.29 is 19.0 Å². The second-order valence-corrected chi connectivity index (χ2v) is 7.53. The number of aryl methyl sites for hydroxylation is 1. The van der Waals surface area contributed by atoms with Crippen LogP contribution in [-0.2, 0) is 13.0 Å².